The molecule has 4 amide bonds. The van der Waals surface area contributed by atoms with Crippen molar-refractivity contribution in [2.45, 2.75) is 0 Å². The van der Waals surface area contributed by atoms with Gasteiger partial charge in [0.1, 0.15) is 11.5 Å². The summed E-state index contributed by atoms with van der Waals surface area (Å²) in [6.45, 7) is 0. The van der Waals surface area contributed by atoms with Crippen molar-refractivity contribution in [1.82, 2.24) is 6.23 Å². The molecule has 0 saturated heterocycles. The van der Waals surface area contributed by atoms with E-state index in [0.717, 1.165) is 6.23 Å². The van der Waals surface area contributed by atoms with Gasteiger partial charge in [-0.3, -0.25) is 19.2 Å². The van der Waals surface area contributed by atoms with E-state index in [4.69, 9.17) is 9.47 Å². The number of ether oxygens (including phenoxy) is 2. The zero-order valence-corrected chi connectivity index (χ0v) is 22.0. The fourth-order valence-electron chi connectivity index (χ4n) is 3.58. The number of hydrogen-bond donors (Lipinski definition) is 0. The predicted molar refractivity (Wildman–Crippen MR) is 138 cm³/mol. The summed E-state index contributed by atoms with van der Waals surface area (Å²) >= 11 is 3.21. The zero-order chi connectivity index (χ0) is 25.7. The summed E-state index contributed by atoms with van der Waals surface area (Å²) in [4.78, 5) is 73.3. The van der Waals surface area contributed by atoms with Gasteiger partial charge >= 0.3 is 11.9 Å². The molecule has 3 aromatic carbocycles. The minimum atomic E-state index is -0.739. The molecular formula is C24H10I2N2O8. The normalized spacial score (nSPS) is 14.2. The van der Waals surface area contributed by atoms with Crippen LogP contribution in [0.15, 0.2) is 60.7 Å². The minimum Gasteiger partial charge on any atom is -0.423 e. The van der Waals surface area contributed by atoms with Gasteiger partial charge in [0.25, 0.3) is 23.6 Å². The van der Waals surface area contributed by atoms with Crippen LogP contribution >= 0.6 is 45.7 Å². The van der Waals surface area contributed by atoms with Crippen molar-refractivity contribution in [1.29, 1.82) is 0 Å². The van der Waals surface area contributed by atoms with Gasteiger partial charge in [0.05, 0.1) is 79.1 Å². The molecule has 178 valence electrons. The van der Waals surface area contributed by atoms with E-state index in [1.54, 1.807) is 45.7 Å². The van der Waals surface area contributed by atoms with Crippen LogP contribution in [0.1, 0.15) is 62.1 Å². The molecule has 2 aliphatic rings. The van der Waals surface area contributed by atoms with E-state index in [-0.39, 0.29) is 44.9 Å². The monoisotopic (exact) mass is 708 g/mol. The molecule has 0 atom stereocenters. The maximum atomic E-state index is 12.5. The topological polar surface area (TPSA) is 127 Å². The van der Waals surface area contributed by atoms with Crippen molar-refractivity contribution in [3.05, 3.63) is 94.0 Å². The van der Waals surface area contributed by atoms with E-state index >= 15 is 0 Å². The summed E-state index contributed by atoms with van der Waals surface area (Å²) in [5, 5.41) is 0. The van der Waals surface area contributed by atoms with Crippen LogP contribution in [0.5, 0.6) is 11.5 Å². The molecular weight excluding hydrogens is 698 g/mol. The molecule has 2 heterocycles. The number of carbonyl (C=O) groups excluding carboxylic acids is 6. The van der Waals surface area contributed by atoms with Crippen molar-refractivity contribution in [3.8, 4) is 11.5 Å². The van der Waals surface area contributed by atoms with E-state index in [9.17, 15) is 28.8 Å². The Morgan fingerprint density at radius 3 is 1.22 bits per heavy atom. The van der Waals surface area contributed by atoms with Crippen LogP contribution in [0.3, 0.4) is 0 Å². The molecule has 0 radical (unpaired) electrons. The molecule has 12 heteroatoms. The van der Waals surface area contributed by atoms with Crippen LogP contribution in [0, 0.1) is 0 Å². The van der Waals surface area contributed by atoms with Crippen molar-refractivity contribution in [3.63, 3.8) is 0 Å². The molecule has 10 nitrogen and oxygen atoms in total. The predicted octanol–water partition coefficient (Wildman–Crippen LogP) is 4.02. The van der Waals surface area contributed by atoms with Crippen molar-refractivity contribution >= 4 is 81.3 Å². The molecule has 0 spiro atoms. The molecule has 0 bridgehead atoms. The number of benzene rings is 3. The third kappa shape index (κ3) is 4.05. The molecule has 0 N–H and O–H groups in total. The van der Waals surface area contributed by atoms with Crippen LogP contribution in [0.4, 0.5) is 0 Å². The van der Waals surface area contributed by atoms with Crippen LogP contribution in [0.2, 0.25) is 0 Å². The average Bonchev–Trinajstić information content (AvgIpc) is 3.24. The van der Waals surface area contributed by atoms with Gasteiger partial charge in [0, 0.05) is 0 Å². The lowest BCUT2D eigenvalue weighted by Crippen LogP contribution is -2.17. The number of nitrogens with zero attached hydrogens (tertiary/aromatic N) is 2. The number of esters is 2. The number of hydrogen-bond acceptors (Lipinski definition) is 8. The molecule has 36 heavy (non-hydrogen) atoms. The third-order valence-corrected chi connectivity index (χ3v) is 7.14. The summed E-state index contributed by atoms with van der Waals surface area (Å²) in [5.41, 5.74) is 0.842. The Labute approximate surface area is 230 Å². The average molecular weight is 708 g/mol. The van der Waals surface area contributed by atoms with E-state index in [2.05, 4.69) is 0 Å². The lowest BCUT2D eigenvalue weighted by molar-refractivity contribution is 0.0719. The molecule has 0 aromatic heterocycles. The largest absolute Gasteiger partial charge is 0.423 e. The summed E-state index contributed by atoms with van der Waals surface area (Å²) in [6, 6.07) is 13.8. The first-order valence-electron chi connectivity index (χ1n) is 10.1. The van der Waals surface area contributed by atoms with E-state index in [1.165, 1.54) is 60.7 Å². The van der Waals surface area contributed by atoms with E-state index in [0.29, 0.717) is 0 Å². The van der Waals surface area contributed by atoms with E-state index < -0.39 is 35.6 Å². The Morgan fingerprint density at radius 1 is 0.528 bits per heavy atom. The van der Waals surface area contributed by atoms with Crippen LogP contribution < -0.4 is 9.47 Å². The first kappa shape index (κ1) is 24.1. The standard InChI is InChI=1S/C24H10I2N2O8/c25-27-19(29)15-7-1-11(9-17(15)21(27)31)23(33)35-13-3-5-14(6-4-13)36-24(34)12-2-8-16-18(10-12)22(32)28(26)20(16)30/h1-10H. The first-order valence-corrected chi connectivity index (χ1v) is 12.0. The molecule has 0 saturated carbocycles. The lowest BCUT2D eigenvalue weighted by atomic mass is 10.1. The van der Waals surface area contributed by atoms with Crippen LogP contribution in [-0.2, 0) is 0 Å². The molecule has 0 aliphatic carbocycles. The molecule has 0 unspecified atom stereocenters. The number of rotatable bonds is 4. The summed E-state index contributed by atoms with van der Waals surface area (Å²) in [6.07, 6.45) is 0. The number of carbonyl (C=O) groups is 6. The Kier molecular flexibility index (Phi) is 6.07. The fraction of sp³-hybridized carbons (Fsp3) is 0. The van der Waals surface area contributed by atoms with Gasteiger partial charge in [0.2, 0.25) is 0 Å². The molecule has 3 aromatic rings. The van der Waals surface area contributed by atoms with Gasteiger partial charge in [-0.1, -0.05) is 0 Å². The molecule has 0 fully saturated rings. The van der Waals surface area contributed by atoms with Gasteiger partial charge in [-0.15, -0.1) is 0 Å². The Hall–Kier alpha value is -3.66. The third-order valence-electron chi connectivity index (χ3n) is 5.39. The van der Waals surface area contributed by atoms with Crippen LogP contribution in [0.25, 0.3) is 0 Å². The smallest absolute Gasteiger partial charge is 0.343 e. The second-order valence-electron chi connectivity index (χ2n) is 7.55. The quantitative estimate of drug-likeness (QED) is 0.131. The SMILES string of the molecule is O=C(Oc1ccc(OC(=O)c2ccc3c(c2)C(=O)N(I)C3=O)cc1)c1ccc2c(c1)C(=O)N(I)C2=O. The maximum absolute atomic E-state index is 12.5. The zero-order valence-electron chi connectivity index (χ0n) is 17.7. The highest BCUT2D eigenvalue weighted by atomic mass is 127. The lowest BCUT2D eigenvalue weighted by Gasteiger charge is -2.08. The Balaban J connectivity index is 1.26. The van der Waals surface area contributed by atoms with Gasteiger partial charge in [-0.05, 0) is 60.7 Å². The Bertz CT molecular complexity index is 1420. The van der Waals surface area contributed by atoms with Gasteiger partial charge < -0.3 is 9.47 Å². The highest BCUT2D eigenvalue weighted by Gasteiger charge is 2.36. The maximum Gasteiger partial charge on any atom is 0.343 e. The van der Waals surface area contributed by atoms with Crippen molar-refractivity contribution < 1.29 is 38.2 Å². The molecule has 2 aliphatic heterocycles. The fourth-order valence-corrected chi connectivity index (χ4v) is 4.62. The number of halogens is 2. The number of amides is 4. The first-order chi connectivity index (χ1) is 17.2. The second-order valence-corrected chi connectivity index (χ2v) is 9.48. The van der Waals surface area contributed by atoms with Crippen LogP contribution in [-0.4, -0.2) is 41.8 Å². The summed E-state index contributed by atoms with van der Waals surface area (Å²) in [5.74, 6) is -3.10. The minimum absolute atomic E-state index is 0.0896. The number of imide groups is 2. The van der Waals surface area contributed by atoms with Crippen molar-refractivity contribution in [2.24, 2.45) is 0 Å². The highest BCUT2D eigenvalue weighted by molar-refractivity contribution is 14.1. The number of fused-ring (bicyclic) bond motifs is 2. The van der Waals surface area contributed by atoms with Crippen molar-refractivity contribution in [2.75, 3.05) is 0 Å². The van der Waals surface area contributed by atoms with Gasteiger partial charge in [-0.2, -0.15) is 0 Å². The van der Waals surface area contributed by atoms with Gasteiger partial charge in [-0.25, -0.2) is 15.8 Å². The van der Waals surface area contributed by atoms with Gasteiger partial charge in [0.15, 0.2) is 0 Å². The van der Waals surface area contributed by atoms with E-state index in [1.807, 2.05) is 0 Å². The second kappa shape index (κ2) is 9.09. The molecule has 5 rings (SSSR count). The summed E-state index contributed by atoms with van der Waals surface area (Å²) in [7, 11) is 0. The highest BCUT2D eigenvalue weighted by Crippen LogP contribution is 2.29. The summed E-state index contributed by atoms with van der Waals surface area (Å²) < 4.78 is 12.5. The Morgan fingerprint density at radius 2 is 0.861 bits per heavy atom.